The van der Waals surface area contributed by atoms with Crippen LogP contribution in [0, 0.1) is 4.77 Å². The van der Waals surface area contributed by atoms with Gasteiger partial charge in [-0.05, 0) is 54.0 Å². The Hall–Kier alpha value is -2.73. The maximum Gasteiger partial charge on any atom is 0.216 e. The van der Waals surface area contributed by atoms with E-state index in [9.17, 15) is 0 Å². The Bertz CT molecular complexity index is 918. The standard InChI is InChI=1S/C19H21N5S/c1-4-14-5-7-15(8-6-14)13-20-24-18(21-22-19(24)25)16-9-11-17(12-10-16)23(2)3/h5-13H,4H2,1-3H3,(H,22,25). The first-order valence-electron chi connectivity index (χ1n) is 8.17. The number of aryl methyl sites for hydroxylation is 1. The highest BCUT2D eigenvalue weighted by molar-refractivity contribution is 7.71. The Labute approximate surface area is 152 Å². The molecular formula is C19H21N5S. The smallest absolute Gasteiger partial charge is 0.216 e. The van der Waals surface area contributed by atoms with E-state index in [0.717, 1.165) is 23.2 Å². The number of nitrogens with one attached hydrogen (secondary N) is 1. The van der Waals surface area contributed by atoms with Gasteiger partial charge in [-0.25, -0.2) is 5.10 Å². The van der Waals surface area contributed by atoms with Crippen LogP contribution in [0.15, 0.2) is 53.6 Å². The van der Waals surface area contributed by atoms with Gasteiger partial charge in [0, 0.05) is 25.3 Å². The van der Waals surface area contributed by atoms with Crippen LogP contribution in [0.3, 0.4) is 0 Å². The van der Waals surface area contributed by atoms with Crippen LogP contribution in [0.5, 0.6) is 0 Å². The summed E-state index contributed by atoms with van der Waals surface area (Å²) in [5, 5.41) is 11.6. The second kappa shape index (κ2) is 7.44. The van der Waals surface area contributed by atoms with Crippen molar-refractivity contribution in [1.82, 2.24) is 14.9 Å². The molecule has 0 bridgehead atoms. The zero-order chi connectivity index (χ0) is 17.8. The van der Waals surface area contributed by atoms with Gasteiger partial charge in [-0.15, -0.1) is 0 Å². The van der Waals surface area contributed by atoms with E-state index in [-0.39, 0.29) is 0 Å². The minimum atomic E-state index is 0.466. The Morgan fingerprint density at radius 1 is 1.12 bits per heavy atom. The number of rotatable bonds is 5. The van der Waals surface area contributed by atoms with Gasteiger partial charge < -0.3 is 4.90 Å². The number of H-pyrrole nitrogens is 1. The molecule has 3 aromatic rings. The molecule has 25 heavy (non-hydrogen) atoms. The van der Waals surface area contributed by atoms with Crippen molar-refractivity contribution in [3.8, 4) is 11.4 Å². The molecule has 0 aliphatic carbocycles. The van der Waals surface area contributed by atoms with Crippen molar-refractivity contribution in [2.24, 2.45) is 5.10 Å². The number of benzene rings is 2. The lowest BCUT2D eigenvalue weighted by atomic mass is 10.1. The molecule has 3 rings (SSSR count). The summed E-state index contributed by atoms with van der Waals surface area (Å²) in [6.45, 7) is 2.14. The molecule has 0 saturated heterocycles. The van der Waals surface area contributed by atoms with Gasteiger partial charge in [0.25, 0.3) is 0 Å². The molecule has 0 radical (unpaired) electrons. The van der Waals surface area contributed by atoms with E-state index in [1.54, 1.807) is 10.9 Å². The Kier molecular flexibility index (Phi) is 5.09. The molecule has 1 N–H and O–H groups in total. The topological polar surface area (TPSA) is 49.2 Å². The highest BCUT2D eigenvalue weighted by Crippen LogP contribution is 2.21. The molecule has 6 heteroatoms. The Balaban J connectivity index is 1.90. The van der Waals surface area contributed by atoms with Gasteiger partial charge in [0.05, 0.1) is 6.21 Å². The molecule has 1 heterocycles. The second-order valence-electron chi connectivity index (χ2n) is 5.95. The maximum atomic E-state index is 5.32. The summed E-state index contributed by atoms with van der Waals surface area (Å²) >= 11 is 5.32. The summed E-state index contributed by atoms with van der Waals surface area (Å²) in [5.74, 6) is 0.691. The molecule has 0 aliphatic rings. The number of hydrogen-bond donors (Lipinski definition) is 1. The number of nitrogens with zero attached hydrogens (tertiary/aromatic N) is 4. The average Bonchev–Trinajstić information content (AvgIpc) is 3.01. The van der Waals surface area contributed by atoms with Gasteiger partial charge in [-0.2, -0.15) is 14.9 Å². The summed E-state index contributed by atoms with van der Waals surface area (Å²) in [6.07, 6.45) is 2.82. The monoisotopic (exact) mass is 351 g/mol. The van der Waals surface area contributed by atoms with Crippen molar-refractivity contribution < 1.29 is 0 Å². The number of anilines is 1. The van der Waals surface area contributed by atoms with E-state index in [1.165, 1.54) is 5.56 Å². The van der Waals surface area contributed by atoms with Crippen molar-refractivity contribution in [2.45, 2.75) is 13.3 Å². The first kappa shape index (κ1) is 17.1. The largest absolute Gasteiger partial charge is 0.378 e. The van der Waals surface area contributed by atoms with Gasteiger partial charge in [-0.1, -0.05) is 31.2 Å². The van der Waals surface area contributed by atoms with E-state index >= 15 is 0 Å². The summed E-state index contributed by atoms with van der Waals surface area (Å²) in [6, 6.07) is 16.4. The molecular weight excluding hydrogens is 330 g/mol. The fraction of sp³-hybridized carbons (Fsp3) is 0.211. The third-order valence-electron chi connectivity index (χ3n) is 4.00. The molecule has 0 fully saturated rings. The highest BCUT2D eigenvalue weighted by atomic mass is 32.1. The third-order valence-corrected chi connectivity index (χ3v) is 4.27. The van der Waals surface area contributed by atoms with E-state index in [2.05, 4.69) is 51.4 Å². The summed E-state index contributed by atoms with van der Waals surface area (Å²) in [4.78, 5) is 2.05. The van der Waals surface area contributed by atoms with E-state index < -0.39 is 0 Å². The lowest BCUT2D eigenvalue weighted by molar-refractivity contribution is 0.871. The van der Waals surface area contributed by atoms with Crippen LogP contribution >= 0.6 is 12.2 Å². The molecule has 0 saturated carbocycles. The zero-order valence-corrected chi connectivity index (χ0v) is 15.4. The minimum absolute atomic E-state index is 0.466. The van der Waals surface area contributed by atoms with Crippen LogP contribution in [0.2, 0.25) is 0 Å². The van der Waals surface area contributed by atoms with E-state index in [4.69, 9.17) is 12.2 Å². The minimum Gasteiger partial charge on any atom is -0.378 e. The number of aromatic amines is 1. The quantitative estimate of drug-likeness (QED) is 0.556. The third kappa shape index (κ3) is 3.85. The Morgan fingerprint density at radius 3 is 2.40 bits per heavy atom. The molecule has 0 spiro atoms. The van der Waals surface area contributed by atoms with Gasteiger partial charge >= 0.3 is 0 Å². The average molecular weight is 351 g/mol. The van der Waals surface area contributed by atoms with Crippen molar-refractivity contribution in [1.29, 1.82) is 0 Å². The van der Waals surface area contributed by atoms with Crippen molar-refractivity contribution in [2.75, 3.05) is 19.0 Å². The SMILES string of the molecule is CCc1ccc(C=Nn2c(-c3ccc(N(C)C)cc3)n[nH]c2=S)cc1. The van der Waals surface area contributed by atoms with Crippen molar-refractivity contribution in [3.05, 3.63) is 64.4 Å². The van der Waals surface area contributed by atoms with Gasteiger partial charge in [0.1, 0.15) is 0 Å². The maximum absolute atomic E-state index is 5.32. The summed E-state index contributed by atoms with van der Waals surface area (Å²) in [7, 11) is 4.03. The molecule has 2 aromatic carbocycles. The molecule has 0 amide bonds. The normalized spacial score (nSPS) is 11.2. The van der Waals surface area contributed by atoms with Crippen LogP contribution in [-0.4, -0.2) is 35.2 Å². The van der Waals surface area contributed by atoms with E-state index in [1.807, 2.05) is 38.4 Å². The lowest BCUT2D eigenvalue weighted by Crippen LogP contribution is -2.08. The number of aromatic nitrogens is 3. The predicted octanol–water partition coefficient (Wildman–Crippen LogP) is 4.12. The molecule has 5 nitrogen and oxygen atoms in total. The first-order valence-corrected chi connectivity index (χ1v) is 8.58. The van der Waals surface area contributed by atoms with Crippen LogP contribution in [0.4, 0.5) is 5.69 Å². The van der Waals surface area contributed by atoms with Crippen LogP contribution in [0.25, 0.3) is 11.4 Å². The second-order valence-corrected chi connectivity index (χ2v) is 6.33. The van der Waals surface area contributed by atoms with Crippen LogP contribution < -0.4 is 4.90 Å². The molecule has 0 unspecified atom stereocenters. The van der Waals surface area contributed by atoms with Gasteiger partial charge in [0.15, 0.2) is 5.82 Å². The zero-order valence-electron chi connectivity index (χ0n) is 14.6. The molecule has 0 atom stereocenters. The Morgan fingerprint density at radius 2 is 1.80 bits per heavy atom. The van der Waals surface area contributed by atoms with Gasteiger partial charge in [-0.3, -0.25) is 0 Å². The van der Waals surface area contributed by atoms with Crippen LogP contribution in [-0.2, 0) is 6.42 Å². The summed E-state index contributed by atoms with van der Waals surface area (Å²) in [5.41, 5.74) is 4.41. The first-order chi connectivity index (χ1) is 12.1. The van der Waals surface area contributed by atoms with Crippen LogP contribution in [0.1, 0.15) is 18.1 Å². The summed E-state index contributed by atoms with van der Waals surface area (Å²) < 4.78 is 2.11. The highest BCUT2D eigenvalue weighted by Gasteiger charge is 2.08. The fourth-order valence-corrected chi connectivity index (χ4v) is 2.64. The van der Waals surface area contributed by atoms with Crippen molar-refractivity contribution in [3.63, 3.8) is 0 Å². The number of hydrogen-bond acceptors (Lipinski definition) is 4. The predicted molar refractivity (Wildman–Crippen MR) is 106 cm³/mol. The fourth-order valence-electron chi connectivity index (χ4n) is 2.46. The molecule has 128 valence electrons. The van der Waals surface area contributed by atoms with Gasteiger partial charge in [0.2, 0.25) is 4.77 Å². The molecule has 0 aliphatic heterocycles. The van der Waals surface area contributed by atoms with Crippen molar-refractivity contribution >= 4 is 24.1 Å². The molecule has 1 aromatic heterocycles. The lowest BCUT2D eigenvalue weighted by Gasteiger charge is -2.12. The van der Waals surface area contributed by atoms with E-state index in [0.29, 0.717) is 10.6 Å².